The molecule has 9 heteroatoms. The van der Waals surface area contributed by atoms with Crippen molar-refractivity contribution in [2.45, 2.75) is 155 Å². The second-order valence-electron chi connectivity index (χ2n) is 10.3. The van der Waals surface area contributed by atoms with Crippen molar-refractivity contribution in [3.05, 3.63) is 0 Å². The average molecular weight is 611 g/mol. The van der Waals surface area contributed by atoms with E-state index in [1.165, 1.54) is 0 Å². The number of rotatable bonds is 30. The molecule has 0 aliphatic carbocycles. The molecule has 0 rings (SSSR count). The highest BCUT2D eigenvalue weighted by atomic mass is 32.2. The smallest absolute Gasteiger partial charge is 0.373 e. The second kappa shape index (κ2) is 26.2. The molecule has 0 fully saturated rings. The molecular weight excluding hydrogens is 545 g/mol. The molecule has 0 heterocycles. The van der Waals surface area contributed by atoms with Gasteiger partial charge in [0, 0.05) is 39.6 Å². The van der Waals surface area contributed by atoms with E-state index >= 15 is 0 Å². The van der Waals surface area contributed by atoms with E-state index in [0.29, 0.717) is 39.6 Å². The summed E-state index contributed by atoms with van der Waals surface area (Å²) in [5.74, 6) is 0. The topological polar surface area (TPSA) is 55.4 Å². The van der Waals surface area contributed by atoms with Crippen molar-refractivity contribution >= 4 is 29.4 Å². The third-order valence-electron chi connectivity index (χ3n) is 6.67. The van der Waals surface area contributed by atoms with Gasteiger partial charge in [-0.2, -0.15) is 0 Å². The fourth-order valence-electron chi connectivity index (χ4n) is 4.02. The zero-order valence-electron chi connectivity index (χ0n) is 27.2. The Balaban J connectivity index is 6.35. The maximum absolute atomic E-state index is 6.74. The van der Waals surface area contributed by atoms with Gasteiger partial charge in [0.25, 0.3) is 0 Å². The molecule has 0 spiro atoms. The highest BCUT2D eigenvalue weighted by molar-refractivity contribution is 8.03. The molecule has 0 saturated heterocycles. The molecule has 0 aromatic heterocycles. The standard InChI is InChI=1S/C30H66O6SSi2/c1-9-17-23-31-38(32-24-18-10-2,33-25-19-11-3)29(15-7)37-30(16-8)39(34-26-20-12-4,35-27-21-13-5)36-28-22-14-6/h29-30H,9-28H2,1-8H3. The molecule has 0 amide bonds. The summed E-state index contributed by atoms with van der Waals surface area (Å²) in [6, 6.07) is 0. The van der Waals surface area contributed by atoms with Crippen molar-refractivity contribution in [3.8, 4) is 0 Å². The minimum atomic E-state index is -2.99. The van der Waals surface area contributed by atoms with Gasteiger partial charge in [-0.3, -0.25) is 0 Å². The first-order valence-corrected chi connectivity index (χ1v) is 21.0. The van der Waals surface area contributed by atoms with Crippen molar-refractivity contribution in [2.24, 2.45) is 0 Å². The maximum atomic E-state index is 6.74. The SMILES string of the molecule is CCCCO[Si](OCCCC)(OCCCC)C(CC)SC(CC)[Si](OCCCC)(OCCCC)OCCCC. The molecule has 39 heavy (non-hydrogen) atoms. The van der Waals surface area contributed by atoms with Gasteiger partial charge < -0.3 is 26.6 Å². The van der Waals surface area contributed by atoms with Crippen LogP contribution in [0.1, 0.15) is 145 Å². The summed E-state index contributed by atoms with van der Waals surface area (Å²) in [6.07, 6.45) is 14.5. The first kappa shape index (κ1) is 39.5. The summed E-state index contributed by atoms with van der Waals surface area (Å²) in [6.45, 7) is 21.8. The van der Waals surface area contributed by atoms with Crippen LogP contribution in [0.5, 0.6) is 0 Å². The third kappa shape index (κ3) is 16.1. The Morgan fingerprint density at radius 1 is 0.385 bits per heavy atom. The molecule has 0 N–H and O–H groups in total. The summed E-state index contributed by atoms with van der Waals surface area (Å²) in [4.78, 5) is 0.221. The number of unbranched alkanes of at least 4 members (excludes halogenated alkanes) is 6. The molecular formula is C30H66O6SSi2. The van der Waals surface area contributed by atoms with Crippen molar-refractivity contribution in [3.63, 3.8) is 0 Å². The summed E-state index contributed by atoms with van der Waals surface area (Å²) >= 11 is 1.93. The molecule has 0 saturated carbocycles. The van der Waals surface area contributed by atoms with Crippen LogP contribution in [0.4, 0.5) is 0 Å². The quantitative estimate of drug-likeness (QED) is 0.0594. The average Bonchev–Trinajstić information content (AvgIpc) is 2.94. The van der Waals surface area contributed by atoms with Gasteiger partial charge in [-0.1, -0.05) is 93.9 Å². The van der Waals surface area contributed by atoms with Gasteiger partial charge in [0.05, 0.1) is 9.75 Å². The Hall–Kier alpha value is 0.544. The largest absolute Gasteiger partial charge is 0.514 e. The van der Waals surface area contributed by atoms with Gasteiger partial charge >= 0.3 is 17.6 Å². The molecule has 0 aromatic rings. The van der Waals surface area contributed by atoms with Gasteiger partial charge in [0.2, 0.25) is 0 Å². The van der Waals surface area contributed by atoms with Crippen molar-refractivity contribution < 1.29 is 26.6 Å². The van der Waals surface area contributed by atoms with E-state index in [1.807, 2.05) is 11.8 Å². The predicted octanol–water partition coefficient (Wildman–Crippen LogP) is 9.13. The zero-order valence-corrected chi connectivity index (χ0v) is 30.0. The monoisotopic (exact) mass is 610 g/mol. The van der Waals surface area contributed by atoms with Gasteiger partial charge in [-0.25, -0.2) is 0 Å². The molecule has 2 atom stereocenters. The van der Waals surface area contributed by atoms with E-state index in [4.69, 9.17) is 26.6 Å². The lowest BCUT2D eigenvalue weighted by Crippen LogP contribution is -2.60. The number of hydrogen-bond acceptors (Lipinski definition) is 7. The van der Waals surface area contributed by atoms with Crippen LogP contribution in [-0.4, -0.2) is 67.0 Å². The summed E-state index contributed by atoms with van der Waals surface area (Å²) in [5, 5.41) is 0. The van der Waals surface area contributed by atoms with E-state index < -0.39 is 17.6 Å². The third-order valence-corrected chi connectivity index (χ3v) is 16.6. The highest BCUT2D eigenvalue weighted by Crippen LogP contribution is 2.38. The maximum Gasteiger partial charge on any atom is 0.514 e. The fraction of sp³-hybridized carbons (Fsp3) is 1.00. The molecule has 0 aromatic carbocycles. The van der Waals surface area contributed by atoms with Crippen molar-refractivity contribution in [1.82, 2.24) is 0 Å². The van der Waals surface area contributed by atoms with Gasteiger partial charge in [-0.15, -0.1) is 11.8 Å². The minimum absolute atomic E-state index is 0.110. The molecule has 0 aliphatic rings. The lowest BCUT2D eigenvalue weighted by Gasteiger charge is -2.40. The Morgan fingerprint density at radius 3 is 0.744 bits per heavy atom. The van der Waals surface area contributed by atoms with Crippen molar-refractivity contribution in [2.75, 3.05) is 39.6 Å². The summed E-state index contributed by atoms with van der Waals surface area (Å²) in [5.41, 5.74) is 0. The van der Waals surface area contributed by atoms with E-state index in [-0.39, 0.29) is 9.75 Å². The molecule has 0 aliphatic heterocycles. The lowest BCUT2D eigenvalue weighted by atomic mass is 10.4. The van der Waals surface area contributed by atoms with Crippen LogP contribution in [0, 0.1) is 0 Å². The molecule has 2 unspecified atom stereocenters. The Labute approximate surface area is 250 Å². The van der Waals surface area contributed by atoms with E-state index in [9.17, 15) is 0 Å². The first-order chi connectivity index (χ1) is 19.0. The number of hydrogen-bond donors (Lipinski definition) is 0. The van der Waals surface area contributed by atoms with Crippen LogP contribution in [-0.2, 0) is 26.6 Å². The van der Waals surface area contributed by atoms with Crippen LogP contribution in [0.25, 0.3) is 0 Å². The van der Waals surface area contributed by atoms with Crippen LogP contribution >= 0.6 is 11.8 Å². The van der Waals surface area contributed by atoms with E-state index in [1.54, 1.807) is 0 Å². The van der Waals surface area contributed by atoms with Gasteiger partial charge in [-0.05, 0) is 51.4 Å². The predicted molar refractivity (Wildman–Crippen MR) is 172 cm³/mol. The fourth-order valence-corrected chi connectivity index (χ4v) is 13.9. The number of thioether (sulfide) groups is 1. The summed E-state index contributed by atoms with van der Waals surface area (Å²) < 4.78 is 40.4. The van der Waals surface area contributed by atoms with Crippen LogP contribution in [0.3, 0.4) is 0 Å². The normalized spacial score (nSPS) is 14.2. The highest BCUT2D eigenvalue weighted by Gasteiger charge is 2.56. The Bertz CT molecular complexity index is 435. The molecule has 6 nitrogen and oxygen atoms in total. The molecule has 0 radical (unpaired) electrons. The van der Waals surface area contributed by atoms with E-state index in [0.717, 1.165) is 89.9 Å². The van der Waals surface area contributed by atoms with Crippen LogP contribution in [0.2, 0.25) is 0 Å². The van der Waals surface area contributed by atoms with Crippen molar-refractivity contribution in [1.29, 1.82) is 0 Å². The Morgan fingerprint density at radius 2 is 0.590 bits per heavy atom. The second-order valence-corrected chi connectivity index (χ2v) is 18.1. The summed E-state index contributed by atoms with van der Waals surface area (Å²) in [7, 11) is -5.98. The Kier molecular flexibility index (Phi) is 26.6. The lowest BCUT2D eigenvalue weighted by molar-refractivity contribution is 0.0525. The zero-order chi connectivity index (χ0) is 29.2. The first-order valence-electron chi connectivity index (χ1n) is 16.5. The van der Waals surface area contributed by atoms with Gasteiger partial charge in [0.15, 0.2) is 0 Å². The molecule has 0 bridgehead atoms. The molecule has 236 valence electrons. The minimum Gasteiger partial charge on any atom is -0.373 e. The van der Waals surface area contributed by atoms with Crippen LogP contribution in [0.15, 0.2) is 0 Å². The van der Waals surface area contributed by atoms with Gasteiger partial charge in [0.1, 0.15) is 0 Å². The van der Waals surface area contributed by atoms with Crippen LogP contribution < -0.4 is 0 Å². The van der Waals surface area contributed by atoms with E-state index in [2.05, 4.69) is 55.4 Å².